The van der Waals surface area contributed by atoms with Crippen molar-refractivity contribution in [3.8, 4) is 0 Å². The fourth-order valence-corrected chi connectivity index (χ4v) is 2.88. The molecule has 1 saturated heterocycles. The second-order valence-electron chi connectivity index (χ2n) is 4.75. The van der Waals surface area contributed by atoms with Crippen LogP contribution in [0.2, 0.25) is 0 Å². The van der Waals surface area contributed by atoms with Gasteiger partial charge in [-0.25, -0.2) is 9.78 Å². The standard InChI is InChI=1S/C12H14N4O2S/c17-12(18)16-5-2-7(3-6-16)8-1-4-13-10-9(8)14-11(19)15-10/h1,4,7H,2-3,5-6H2,(H,17,18)(H2,13,14,15,19). The van der Waals surface area contributed by atoms with Gasteiger partial charge in [-0.15, -0.1) is 0 Å². The molecule has 3 heterocycles. The smallest absolute Gasteiger partial charge is 0.407 e. The molecule has 1 amide bonds. The van der Waals surface area contributed by atoms with Gasteiger partial charge in [0.05, 0.1) is 5.52 Å². The van der Waals surface area contributed by atoms with Gasteiger partial charge in [0, 0.05) is 19.3 Å². The van der Waals surface area contributed by atoms with Gasteiger partial charge in [-0.3, -0.25) is 0 Å². The predicted octanol–water partition coefficient (Wildman–Crippen LogP) is 2.48. The van der Waals surface area contributed by atoms with E-state index in [4.69, 9.17) is 17.3 Å². The zero-order chi connectivity index (χ0) is 13.4. The number of hydrogen-bond acceptors (Lipinski definition) is 3. The number of carboxylic acid groups (broad SMARTS) is 1. The number of aromatic amines is 2. The van der Waals surface area contributed by atoms with E-state index in [1.54, 1.807) is 6.20 Å². The van der Waals surface area contributed by atoms with Gasteiger partial charge >= 0.3 is 6.09 Å². The van der Waals surface area contributed by atoms with E-state index >= 15 is 0 Å². The number of rotatable bonds is 1. The lowest BCUT2D eigenvalue weighted by atomic mass is 9.89. The Morgan fingerprint density at radius 2 is 2.16 bits per heavy atom. The third-order valence-electron chi connectivity index (χ3n) is 3.66. The van der Waals surface area contributed by atoms with Crippen LogP contribution in [0.4, 0.5) is 4.79 Å². The first-order valence-electron chi connectivity index (χ1n) is 6.20. The molecule has 3 rings (SSSR count). The molecule has 0 bridgehead atoms. The predicted molar refractivity (Wildman–Crippen MR) is 72.9 cm³/mol. The lowest BCUT2D eigenvalue weighted by molar-refractivity contribution is 0.132. The quantitative estimate of drug-likeness (QED) is 0.700. The summed E-state index contributed by atoms with van der Waals surface area (Å²) >= 11 is 5.09. The summed E-state index contributed by atoms with van der Waals surface area (Å²) in [5, 5.41) is 8.96. The average molecular weight is 278 g/mol. The molecule has 19 heavy (non-hydrogen) atoms. The molecular formula is C12H14N4O2S. The summed E-state index contributed by atoms with van der Waals surface area (Å²) in [6.07, 6.45) is 2.59. The van der Waals surface area contributed by atoms with Gasteiger partial charge in [0.2, 0.25) is 0 Å². The molecule has 3 N–H and O–H groups in total. The Morgan fingerprint density at radius 1 is 1.42 bits per heavy atom. The van der Waals surface area contributed by atoms with E-state index in [-0.39, 0.29) is 0 Å². The maximum absolute atomic E-state index is 10.9. The molecule has 0 unspecified atom stereocenters. The molecule has 0 radical (unpaired) electrons. The molecule has 0 saturated carbocycles. The Morgan fingerprint density at radius 3 is 2.84 bits per heavy atom. The molecule has 1 aliphatic rings. The summed E-state index contributed by atoms with van der Waals surface area (Å²) in [6.45, 7) is 1.16. The van der Waals surface area contributed by atoms with Gasteiger partial charge in [0.1, 0.15) is 0 Å². The number of H-pyrrole nitrogens is 2. The summed E-state index contributed by atoms with van der Waals surface area (Å²) < 4.78 is 0.568. The minimum Gasteiger partial charge on any atom is -0.465 e. The van der Waals surface area contributed by atoms with Crippen LogP contribution in [0.3, 0.4) is 0 Å². The van der Waals surface area contributed by atoms with E-state index in [9.17, 15) is 4.79 Å². The SMILES string of the molecule is O=C(O)N1CCC(c2ccnc3[nH]c(=S)[nH]c23)CC1. The van der Waals surface area contributed by atoms with Crippen LogP contribution in [0.15, 0.2) is 12.3 Å². The van der Waals surface area contributed by atoms with Crippen LogP contribution >= 0.6 is 12.2 Å². The van der Waals surface area contributed by atoms with E-state index in [0.717, 1.165) is 24.0 Å². The summed E-state index contributed by atoms with van der Waals surface area (Å²) in [7, 11) is 0. The molecule has 0 aliphatic carbocycles. The molecule has 1 aliphatic heterocycles. The molecular weight excluding hydrogens is 264 g/mol. The highest BCUT2D eigenvalue weighted by molar-refractivity contribution is 7.71. The van der Waals surface area contributed by atoms with Gasteiger partial charge in [-0.1, -0.05) is 0 Å². The number of pyridine rings is 1. The zero-order valence-corrected chi connectivity index (χ0v) is 11.0. The maximum atomic E-state index is 10.9. The number of imidazole rings is 1. The van der Waals surface area contributed by atoms with Crippen molar-refractivity contribution in [1.29, 1.82) is 0 Å². The average Bonchev–Trinajstić information content (AvgIpc) is 2.78. The van der Waals surface area contributed by atoms with E-state index < -0.39 is 6.09 Å². The Hall–Kier alpha value is -1.89. The van der Waals surface area contributed by atoms with Gasteiger partial charge in [0.15, 0.2) is 10.4 Å². The highest BCUT2D eigenvalue weighted by Gasteiger charge is 2.25. The number of hydrogen-bond donors (Lipinski definition) is 3. The van der Waals surface area contributed by atoms with E-state index in [2.05, 4.69) is 15.0 Å². The summed E-state index contributed by atoms with van der Waals surface area (Å²) in [6, 6.07) is 1.99. The fourth-order valence-electron chi connectivity index (χ4n) is 2.68. The second kappa shape index (κ2) is 4.65. The molecule has 0 atom stereocenters. The highest BCUT2D eigenvalue weighted by Crippen LogP contribution is 2.31. The van der Waals surface area contributed by atoms with Crippen molar-refractivity contribution >= 4 is 29.5 Å². The Kier molecular flexibility index (Phi) is 2.98. The van der Waals surface area contributed by atoms with Crippen molar-refractivity contribution in [2.24, 2.45) is 0 Å². The van der Waals surface area contributed by atoms with E-state index in [0.29, 0.717) is 23.8 Å². The van der Waals surface area contributed by atoms with Gasteiger partial charge in [-0.2, -0.15) is 0 Å². The molecule has 2 aromatic heterocycles. The first-order valence-corrected chi connectivity index (χ1v) is 6.61. The van der Waals surface area contributed by atoms with E-state index in [1.807, 2.05) is 6.07 Å². The number of amides is 1. The minimum atomic E-state index is -0.834. The molecule has 7 heteroatoms. The van der Waals surface area contributed by atoms with Crippen molar-refractivity contribution in [3.05, 3.63) is 22.6 Å². The summed E-state index contributed by atoms with van der Waals surface area (Å²) in [5.74, 6) is 0.350. The number of nitrogens with one attached hydrogen (secondary N) is 2. The first-order chi connectivity index (χ1) is 9.15. The second-order valence-corrected chi connectivity index (χ2v) is 5.16. The summed E-state index contributed by atoms with van der Waals surface area (Å²) in [5.41, 5.74) is 2.88. The molecule has 0 aromatic carbocycles. The molecule has 0 spiro atoms. The van der Waals surface area contributed by atoms with Crippen molar-refractivity contribution in [1.82, 2.24) is 19.9 Å². The molecule has 100 valence electrons. The summed E-state index contributed by atoms with van der Waals surface area (Å²) in [4.78, 5) is 22.7. The van der Waals surface area contributed by atoms with Gasteiger partial charge in [-0.05, 0) is 42.6 Å². The highest BCUT2D eigenvalue weighted by atomic mass is 32.1. The monoisotopic (exact) mass is 278 g/mol. The normalized spacial score (nSPS) is 16.9. The topological polar surface area (TPSA) is 85.0 Å². The van der Waals surface area contributed by atoms with Crippen molar-refractivity contribution in [2.75, 3.05) is 13.1 Å². The number of piperidine rings is 1. The lowest BCUT2D eigenvalue weighted by Crippen LogP contribution is -2.36. The maximum Gasteiger partial charge on any atom is 0.407 e. The zero-order valence-electron chi connectivity index (χ0n) is 10.2. The number of aromatic nitrogens is 3. The van der Waals surface area contributed by atoms with Crippen LogP contribution in [0.1, 0.15) is 24.3 Å². The van der Waals surface area contributed by atoms with Crippen LogP contribution in [-0.2, 0) is 0 Å². The largest absolute Gasteiger partial charge is 0.465 e. The number of carbonyl (C=O) groups is 1. The molecule has 1 fully saturated rings. The number of fused-ring (bicyclic) bond motifs is 1. The minimum absolute atomic E-state index is 0.350. The number of nitrogens with zero attached hydrogens (tertiary/aromatic N) is 2. The third kappa shape index (κ3) is 2.21. The van der Waals surface area contributed by atoms with Crippen molar-refractivity contribution in [2.45, 2.75) is 18.8 Å². The molecule has 2 aromatic rings. The van der Waals surface area contributed by atoms with Crippen LogP contribution < -0.4 is 0 Å². The van der Waals surface area contributed by atoms with E-state index in [1.165, 1.54) is 10.5 Å². The van der Waals surface area contributed by atoms with Crippen LogP contribution in [0.5, 0.6) is 0 Å². The Labute approximate surface area is 114 Å². The first kappa shape index (κ1) is 12.2. The number of likely N-dealkylation sites (tertiary alicyclic amines) is 1. The molecule has 6 nitrogen and oxygen atoms in total. The van der Waals surface area contributed by atoms with Crippen LogP contribution in [0, 0.1) is 4.77 Å². The van der Waals surface area contributed by atoms with Crippen LogP contribution in [-0.4, -0.2) is 44.1 Å². The van der Waals surface area contributed by atoms with Gasteiger partial charge in [0.25, 0.3) is 0 Å². The lowest BCUT2D eigenvalue weighted by Gasteiger charge is -2.30. The third-order valence-corrected chi connectivity index (χ3v) is 3.86. The van der Waals surface area contributed by atoms with Crippen molar-refractivity contribution < 1.29 is 9.90 Å². The van der Waals surface area contributed by atoms with Crippen LogP contribution in [0.25, 0.3) is 11.2 Å². The Bertz CT molecular complexity index is 670. The van der Waals surface area contributed by atoms with Crippen molar-refractivity contribution in [3.63, 3.8) is 0 Å². The fraction of sp³-hybridized carbons (Fsp3) is 0.417. The van der Waals surface area contributed by atoms with Gasteiger partial charge < -0.3 is 20.0 Å². The Balaban J connectivity index is 1.89.